The molecule has 1 aromatic heterocycles. The van der Waals surface area contributed by atoms with Gasteiger partial charge in [-0.3, -0.25) is 4.79 Å². The fourth-order valence-corrected chi connectivity index (χ4v) is 4.35. The van der Waals surface area contributed by atoms with Crippen LogP contribution in [0.5, 0.6) is 11.5 Å². The fourth-order valence-electron chi connectivity index (χ4n) is 3.23. The molecule has 0 fully saturated rings. The first-order chi connectivity index (χ1) is 16.5. The van der Waals surface area contributed by atoms with Crippen LogP contribution in [0.1, 0.15) is 21.6 Å². The van der Waals surface area contributed by atoms with E-state index in [9.17, 15) is 4.79 Å². The average Bonchev–Trinajstić information content (AvgIpc) is 3.36. The Hall–Kier alpha value is -3.06. The number of hydrogen-bond donors (Lipinski definition) is 1. The molecule has 8 heteroatoms. The molecule has 0 aliphatic carbocycles. The molecule has 0 aliphatic heterocycles. The lowest BCUT2D eigenvalue weighted by atomic mass is 10.1. The number of halogens is 2. The van der Waals surface area contributed by atoms with E-state index in [1.165, 1.54) is 11.3 Å². The molecular weight excluding hydrogens is 491 g/mol. The number of aromatic nitrogens is 1. The van der Waals surface area contributed by atoms with Gasteiger partial charge in [0.25, 0.3) is 5.91 Å². The summed E-state index contributed by atoms with van der Waals surface area (Å²) in [6.45, 7) is 0.885. The number of nitrogens with one attached hydrogen (secondary N) is 1. The van der Waals surface area contributed by atoms with Gasteiger partial charge in [-0.15, -0.1) is 11.3 Å². The minimum Gasteiger partial charge on any atom is -0.497 e. The van der Waals surface area contributed by atoms with Crippen LogP contribution in [0.3, 0.4) is 0 Å². The molecule has 174 valence electrons. The number of benzene rings is 3. The lowest BCUT2D eigenvalue weighted by molar-refractivity contribution is 0.0950. The molecule has 0 spiro atoms. The fraction of sp³-hybridized carbons (Fsp3) is 0.154. The van der Waals surface area contributed by atoms with E-state index in [0.717, 1.165) is 33.9 Å². The third kappa shape index (κ3) is 6.29. The topological polar surface area (TPSA) is 60.5 Å². The van der Waals surface area contributed by atoms with Crippen molar-refractivity contribution >= 4 is 40.4 Å². The van der Waals surface area contributed by atoms with Crippen LogP contribution in [-0.2, 0) is 13.0 Å². The highest BCUT2D eigenvalue weighted by atomic mass is 35.5. The summed E-state index contributed by atoms with van der Waals surface area (Å²) in [5.74, 6) is 1.32. The van der Waals surface area contributed by atoms with Gasteiger partial charge in [-0.1, -0.05) is 53.5 Å². The molecular formula is C26H22Cl2N2O3S. The second kappa shape index (κ2) is 11.4. The average molecular weight is 513 g/mol. The van der Waals surface area contributed by atoms with E-state index >= 15 is 0 Å². The van der Waals surface area contributed by atoms with E-state index in [-0.39, 0.29) is 5.91 Å². The van der Waals surface area contributed by atoms with Crippen molar-refractivity contribution in [3.8, 4) is 22.1 Å². The molecule has 1 heterocycles. The Morgan fingerprint density at radius 3 is 2.53 bits per heavy atom. The highest BCUT2D eigenvalue weighted by molar-refractivity contribution is 7.13. The second-order valence-corrected chi connectivity index (χ2v) is 9.13. The Morgan fingerprint density at radius 2 is 1.76 bits per heavy atom. The van der Waals surface area contributed by atoms with Crippen LogP contribution in [0.15, 0.2) is 72.1 Å². The smallest absolute Gasteiger partial charge is 0.270 e. The Balaban J connectivity index is 1.33. The van der Waals surface area contributed by atoms with Gasteiger partial charge >= 0.3 is 0 Å². The monoisotopic (exact) mass is 512 g/mol. The van der Waals surface area contributed by atoms with E-state index in [4.69, 9.17) is 32.7 Å². The molecule has 5 nitrogen and oxygen atoms in total. The van der Waals surface area contributed by atoms with Gasteiger partial charge in [0.2, 0.25) is 0 Å². The summed E-state index contributed by atoms with van der Waals surface area (Å²) in [5, 5.41) is 6.45. The summed E-state index contributed by atoms with van der Waals surface area (Å²) in [6.07, 6.45) is 0.727. The van der Waals surface area contributed by atoms with E-state index in [0.29, 0.717) is 34.6 Å². The number of carbonyl (C=O) groups is 1. The maximum absolute atomic E-state index is 12.5. The van der Waals surface area contributed by atoms with Gasteiger partial charge in [0.15, 0.2) is 0 Å². The van der Waals surface area contributed by atoms with Gasteiger partial charge < -0.3 is 14.8 Å². The highest BCUT2D eigenvalue weighted by Crippen LogP contribution is 2.28. The summed E-state index contributed by atoms with van der Waals surface area (Å²) in [6, 6.07) is 20.8. The molecule has 0 saturated carbocycles. The van der Waals surface area contributed by atoms with E-state index in [1.54, 1.807) is 24.6 Å². The molecule has 1 amide bonds. The number of methoxy groups -OCH3 is 1. The van der Waals surface area contributed by atoms with Gasteiger partial charge in [-0.25, -0.2) is 4.98 Å². The normalized spacial score (nSPS) is 10.7. The largest absolute Gasteiger partial charge is 0.497 e. The molecule has 1 N–H and O–H groups in total. The summed E-state index contributed by atoms with van der Waals surface area (Å²) in [4.78, 5) is 17.0. The van der Waals surface area contributed by atoms with Crippen LogP contribution < -0.4 is 14.8 Å². The Labute approximate surface area is 212 Å². The molecule has 34 heavy (non-hydrogen) atoms. The van der Waals surface area contributed by atoms with Crippen molar-refractivity contribution in [1.29, 1.82) is 0 Å². The maximum atomic E-state index is 12.5. The molecule has 4 aromatic rings. The number of hydrogen-bond acceptors (Lipinski definition) is 5. The summed E-state index contributed by atoms with van der Waals surface area (Å²) >= 11 is 13.5. The quantitative estimate of drug-likeness (QED) is 0.271. The number of rotatable bonds is 9. The standard InChI is InChI=1S/C26H22Cl2N2O3S/c1-32-20-8-5-17(6-9-20)11-12-29-25(31)24-16-34-26(30-24)19-3-2-4-21(14-19)33-15-18-7-10-22(27)23(28)13-18/h2-10,13-14,16H,11-12,15H2,1H3,(H,29,31). The number of ether oxygens (including phenoxy) is 2. The SMILES string of the molecule is COc1ccc(CCNC(=O)c2csc(-c3cccc(OCc4ccc(Cl)c(Cl)c4)c3)n2)cc1. The number of nitrogens with zero attached hydrogens (tertiary/aromatic N) is 1. The van der Waals surface area contributed by atoms with Gasteiger partial charge in [0.1, 0.15) is 28.8 Å². The number of amides is 1. The van der Waals surface area contributed by atoms with Crippen LogP contribution in [0.2, 0.25) is 10.0 Å². The zero-order chi connectivity index (χ0) is 23.9. The molecule has 3 aromatic carbocycles. The molecule has 0 radical (unpaired) electrons. The van der Waals surface area contributed by atoms with Crippen LogP contribution in [0.4, 0.5) is 0 Å². The molecule has 0 atom stereocenters. The first-order valence-corrected chi connectivity index (χ1v) is 12.2. The van der Waals surface area contributed by atoms with Crippen LogP contribution in [0, 0.1) is 0 Å². The number of carbonyl (C=O) groups excluding carboxylic acids is 1. The third-order valence-corrected chi connectivity index (χ3v) is 6.70. The molecule has 0 bridgehead atoms. The lowest BCUT2D eigenvalue weighted by Crippen LogP contribution is -2.25. The predicted octanol–water partition coefficient (Wildman–Crippen LogP) is 6.68. The molecule has 0 unspecified atom stereocenters. The lowest BCUT2D eigenvalue weighted by Gasteiger charge is -2.08. The zero-order valence-corrected chi connectivity index (χ0v) is 20.7. The van der Waals surface area contributed by atoms with Crippen molar-refractivity contribution in [2.24, 2.45) is 0 Å². The Morgan fingerprint density at radius 1 is 0.971 bits per heavy atom. The molecule has 4 rings (SSSR count). The third-order valence-electron chi connectivity index (χ3n) is 5.07. The van der Waals surface area contributed by atoms with Crippen molar-refractivity contribution in [3.63, 3.8) is 0 Å². The highest BCUT2D eigenvalue weighted by Gasteiger charge is 2.12. The first kappa shape index (κ1) is 24.1. The Bertz CT molecular complexity index is 1280. The molecule has 0 saturated heterocycles. The van der Waals surface area contributed by atoms with Crippen LogP contribution >= 0.6 is 34.5 Å². The molecule has 0 aliphatic rings. The van der Waals surface area contributed by atoms with Crippen molar-refractivity contribution < 1.29 is 14.3 Å². The minimum atomic E-state index is -0.192. The van der Waals surface area contributed by atoms with E-state index in [2.05, 4.69) is 10.3 Å². The van der Waals surface area contributed by atoms with Gasteiger partial charge in [0.05, 0.1) is 17.2 Å². The Kier molecular flexibility index (Phi) is 8.06. The summed E-state index contributed by atoms with van der Waals surface area (Å²) in [5.41, 5.74) is 3.33. The van der Waals surface area contributed by atoms with Gasteiger partial charge in [0, 0.05) is 17.5 Å². The van der Waals surface area contributed by atoms with E-state index < -0.39 is 0 Å². The van der Waals surface area contributed by atoms with Gasteiger partial charge in [-0.2, -0.15) is 0 Å². The first-order valence-electron chi connectivity index (χ1n) is 10.6. The van der Waals surface area contributed by atoms with E-state index in [1.807, 2.05) is 54.6 Å². The summed E-state index contributed by atoms with van der Waals surface area (Å²) in [7, 11) is 1.64. The number of thiazole rings is 1. The van der Waals surface area contributed by atoms with Crippen molar-refractivity contribution in [2.75, 3.05) is 13.7 Å². The minimum absolute atomic E-state index is 0.192. The van der Waals surface area contributed by atoms with Gasteiger partial charge in [-0.05, 0) is 53.9 Å². The summed E-state index contributed by atoms with van der Waals surface area (Å²) < 4.78 is 11.1. The van der Waals surface area contributed by atoms with Crippen LogP contribution in [-0.4, -0.2) is 24.5 Å². The van der Waals surface area contributed by atoms with Crippen LogP contribution in [0.25, 0.3) is 10.6 Å². The maximum Gasteiger partial charge on any atom is 0.270 e. The predicted molar refractivity (Wildman–Crippen MR) is 137 cm³/mol. The second-order valence-electron chi connectivity index (χ2n) is 7.46. The van der Waals surface area contributed by atoms with Crippen molar-refractivity contribution in [3.05, 3.63) is 99.0 Å². The van der Waals surface area contributed by atoms with Crippen molar-refractivity contribution in [1.82, 2.24) is 10.3 Å². The zero-order valence-electron chi connectivity index (χ0n) is 18.4. The van der Waals surface area contributed by atoms with Crippen molar-refractivity contribution in [2.45, 2.75) is 13.0 Å².